The molecule has 0 aromatic heterocycles. The van der Waals surface area contributed by atoms with Crippen LogP contribution in [0.5, 0.6) is 0 Å². The normalized spacial score (nSPS) is 24.4. The van der Waals surface area contributed by atoms with Gasteiger partial charge in [0.15, 0.2) is 0 Å². The first kappa shape index (κ1) is 12.5. The van der Waals surface area contributed by atoms with Crippen molar-refractivity contribution in [1.82, 2.24) is 10.6 Å². The highest BCUT2D eigenvalue weighted by atomic mass is 16.2. The predicted molar refractivity (Wildman–Crippen MR) is 58.2 cm³/mol. The number of amides is 2. The summed E-state index contributed by atoms with van der Waals surface area (Å²) in [6, 6.07) is 1.41. The molecule has 2 N–H and O–H groups in total. The maximum absolute atomic E-state index is 11.6. The zero-order chi connectivity index (χ0) is 12.3. The molecule has 0 spiro atoms. The number of rotatable bonds is 3. The minimum Gasteiger partial charge on any atom is -0.351 e. The fraction of sp³-hybridized carbons (Fsp3) is 0.727. The van der Waals surface area contributed by atoms with Gasteiger partial charge in [0.1, 0.15) is 6.04 Å². The van der Waals surface area contributed by atoms with Crippen LogP contribution in [0.15, 0.2) is 0 Å². The molecule has 16 heavy (non-hydrogen) atoms. The maximum Gasteiger partial charge on any atom is 0.223 e. The van der Waals surface area contributed by atoms with Crippen molar-refractivity contribution in [3.63, 3.8) is 0 Å². The summed E-state index contributed by atoms with van der Waals surface area (Å²) >= 11 is 0. The number of nitrogens with zero attached hydrogens (tertiary/aromatic N) is 1. The van der Waals surface area contributed by atoms with Gasteiger partial charge in [-0.2, -0.15) is 5.26 Å². The van der Waals surface area contributed by atoms with Crippen LogP contribution in [0.2, 0.25) is 0 Å². The predicted octanol–water partition coefficient (Wildman–Crippen LogP) is 0.319. The number of carbonyl (C=O) groups excluding carboxylic acids is 2. The Hall–Kier alpha value is -1.57. The standard InChI is InChI=1S/C11H17N3O2/c1-7(15)13-9(6-12)4-8-5-11(2,3)14-10(8)16/h8-9H,4-5H2,1-3H3,(H,13,15)(H,14,16). The first-order valence-electron chi connectivity index (χ1n) is 5.33. The molecule has 88 valence electrons. The van der Waals surface area contributed by atoms with Crippen LogP contribution in [0.1, 0.15) is 33.6 Å². The number of carbonyl (C=O) groups is 2. The Kier molecular flexibility index (Phi) is 3.53. The largest absolute Gasteiger partial charge is 0.351 e. The summed E-state index contributed by atoms with van der Waals surface area (Å²) in [6.45, 7) is 5.26. The quantitative estimate of drug-likeness (QED) is 0.723. The van der Waals surface area contributed by atoms with Gasteiger partial charge in [0.05, 0.1) is 6.07 Å². The Balaban J connectivity index is 2.57. The summed E-state index contributed by atoms with van der Waals surface area (Å²) in [4.78, 5) is 22.4. The molecule has 2 unspecified atom stereocenters. The van der Waals surface area contributed by atoms with Gasteiger partial charge in [-0.3, -0.25) is 9.59 Å². The smallest absolute Gasteiger partial charge is 0.223 e. The lowest BCUT2D eigenvalue weighted by Gasteiger charge is -2.17. The minimum absolute atomic E-state index is 0.0318. The molecule has 1 aliphatic rings. The Morgan fingerprint density at radius 2 is 2.38 bits per heavy atom. The van der Waals surface area contributed by atoms with Gasteiger partial charge in [0, 0.05) is 18.4 Å². The maximum atomic E-state index is 11.6. The second-order valence-electron chi connectivity index (χ2n) is 4.89. The van der Waals surface area contributed by atoms with Crippen molar-refractivity contribution in [2.75, 3.05) is 0 Å². The van der Waals surface area contributed by atoms with Crippen LogP contribution < -0.4 is 10.6 Å². The SMILES string of the molecule is CC(=O)NC(C#N)CC1CC(C)(C)NC1=O. The molecule has 0 radical (unpaired) electrons. The van der Waals surface area contributed by atoms with Crippen molar-refractivity contribution < 1.29 is 9.59 Å². The topological polar surface area (TPSA) is 82.0 Å². The molecule has 1 aliphatic heterocycles. The summed E-state index contributed by atoms with van der Waals surface area (Å²) in [7, 11) is 0. The van der Waals surface area contributed by atoms with E-state index < -0.39 is 6.04 Å². The van der Waals surface area contributed by atoms with Crippen LogP contribution in [0.4, 0.5) is 0 Å². The summed E-state index contributed by atoms with van der Waals surface area (Å²) in [5.41, 5.74) is -0.210. The van der Waals surface area contributed by atoms with Crippen molar-refractivity contribution in [2.24, 2.45) is 5.92 Å². The van der Waals surface area contributed by atoms with Crippen molar-refractivity contribution in [3.8, 4) is 6.07 Å². The molecule has 0 aliphatic carbocycles. The fourth-order valence-electron chi connectivity index (χ4n) is 2.06. The van der Waals surface area contributed by atoms with Crippen LogP contribution in [0.3, 0.4) is 0 Å². The summed E-state index contributed by atoms with van der Waals surface area (Å²) < 4.78 is 0. The molecule has 0 aromatic carbocycles. The van der Waals surface area contributed by atoms with E-state index in [9.17, 15) is 9.59 Å². The second-order valence-corrected chi connectivity index (χ2v) is 4.89. The van der Waals surface area contributed by atoms with E-state index in [2.05, 4.69) is 10.6 Å². The van der Waals surface area contributed by atoms with E-state index in [0.717, 1.165) is 0 Å². The van der Waals surface area contributed by atoms with Crippen molar-refractivity contribution in [1.29, 1.82) is 5.26 Å². The molecule has 1 rings (SSSR count). The van der Waals surface area contributed by atoms with Gasteiger partial charge in [0.2, 0.25) is 11.8 Å². The van der Waals surface area contributed by atoms with Gasteiger partial charge < -0.3 is 10.6 Å². The Morgan fingerprint density at radius 3 is 2.75 bits per heavy atom. The number of hydrogen-bond donors (Lipinski definition) is 2. The van der Waals surface area contributed by atoms with Gasteiger partial charge in [-0.05, 0) is 26.7 Å². The first-order chi connectivity index (χ1) is 7.34. The highest BCUT2D eigenvalue weighted by Crippen LogP contribution is 2.27. The molecule has 1 heterocycles. The van der Waals surface area contributed by atoms with Gasteiger partial charge in [-0.25, -0.2) is 0 Å². The molecule has 2 atom stereocenters. The highest BCUT2D eigenvalue weighted by molar-refractivity contribution is 5.82. The molecular weight excluding hydrogens is 206 g/mol. The zero-order valence-electron chi connectivity index (χ0n) is 9.83. The van der Waals surface area contributed by atoms with Crippen LogP contribution in [-0.4, -0.2) is 23.4 Å². The monoisotopic (exact) mass is 223 g/mol. The average Bonchev–Trinajstić information content (AvgIpc) is 2.37. The third-order valence-corrected chi connectivity index (χ3v) is 2.64. The second kappa shape index (κ2) is 4.52. The Morgan fingerprint density at radius 1 is 1.75 bits per heavy atom. The van der Waals surface area contributed by atoms with Gasteiger partial charge in [0.25, 0.3) is 0 Å². The molecule has 1 saturated heterocycles. The van der Waals surface area contributed by atoms with E-state index in [0.29, 0.717) is 12.8 Å². The summed E-state index contributed by atoms with van der Waals surface area (Å²) in [6.07, 6.45) is 1.08. The van der Waals surface area contributed by atoms with E-state index >= 15 is 0 Å². The third-order valence-electron chi connectivity index (χ3n) is 2.64. The lowest BCUT2D eigenvalue weighted by atomic mass is 9.92. The fourth-order valence-corrected chi connectivity index (χ4v) is 2.06. The van der Waals surface area contributed by atoms with Gasteiger partial charge in [-0.1, -0.05) is 0 Å². The lowest BCUT2D eigenvalue weighted by molar-refractivity contribution is -0.124. The van der Waals surface area contributed by atoms with Crippen LogP contribution in [-0.2, 0) is 9.59 Å². The first-order valence-corrected chi connectivity index (χ1v) is 5.33. The van der Waals surface area contributed by atoms with E-state index in [4.69, 9.17) is 5.26 Å². The zero-order valence-corrected chi connectivity index (χ0v) is 9.83. The number of nitrogens with one attached hydrogen (secondary N) is 2. The Labute approximate surface area is 95.2 Å². The minimum atomic E-state index is -0.581. The Bertz CT molecular complexity index is 344. The molecule has 0 aromatic rings. The molecule has 0 bridgehead atoms. The van der Waals surface area contributed by atoms with E-state index in [1.54, 1.807) is 0 Å². The molecule has 0 saturated carbocycles. The van der Waals surface area contributed by atoms with Gasteiger partial charge >= 0.3 is 0 Å². The van der Waals surface area contributed by atoms with Crippen molar-refractivity contribution in [2.45, 2.75) is 45.2 Å². The van der Waals surface area contributed by atoms with E-state index in [1.807, 2.05) is 19.9 Å². The van der Waals surface area contributed by atoms with Crippen LogP contribution in [0.25, 0.3) is 0 Å². The van der Waals surface area contributed by atoms with Crippen LogP contribution in [0, 0.1) is 17.2 Å². The van der Waals surface area contributed by atoms with Crippen molar-refractivity contribution >= 4 is 11.8 Å². The van der Waals surface area contributed by atoms with E-state index in [1.165, 1.54) is 6.92 Å². The molecule has 2 amide bonds. The van der Waals surface area contributed by atoms with E-state index in [-0.39, 0.29) is 23.3 Å². The number of nitriles is 1. The highest BCUT2D eigenvalue weighted by Gasteiger charge is 2.38. The molecule has 1 fully saturated rings. The molecular formula is C11H17N3O2. The average molecular weight is 223 g/mol. The molecule has 5 nitrogen and oxygen atoms in total. The van der Waals surface area contributed by atoms with Crippen LogP contribution >= 0.6 is 0 Å². The van der Waals surface area contributed by atoms with Crippen molar-refractivity contribution in [3.05, 3.63) is 0 Å². The summed E-state index contributed by atoms with van der Waals surface area (Å²) in [5, 5.41) is 14.2. The number of hydrogen-bond acceptors (Lipinski definition) is 3. The lowest BCUT2D eigenvalue weighted by Crippen LogP contribution is -2.36. The summed E-state index contributed by atoms with van der Waals surface area (Å²) in [5.74, 6) is -0.466. The third kappa shape index (κ3) is 3.23. The van der Waals surface area contributed by atoms with Gasteiger partial charge in [-0.15, -0.1) is 0 Å². The molecule has 5 heteroatoms.